The van der Waals surface area contributed by atoms with Gasteiger partial charge in [-0.1, -0.05) is 6.92 Å². The molecule has 21 heavy (non-hydrogen) atoms. The highest BCUT2D eigenvalue weighted by atomic mass is 32.2. The lowest BCUT2D eigenvalue weighted by molar-refractivity contribution is 0.0704. The van der Waals surface area contributed by atoms with Crippen LogP contribution in [-0.2, 0) is 0 Å². The van der Waals surface area contributed by atoms with Crippen molar-refractivity contribution in [1.82, 2.24) is 4.90 Å². The van der Waals surface area contributed by atoms with Crippen molar-refractivity contribution in [2.45, 2.75) is 25.1 Å². The zero-order valence-corrected chi connectivity index (χ0v) is 13.6. The van der Waals surface area contributed by atoms with Crippen LogP contribution in [0.4, 0.5) is 10.1 Å². The Morgan fingerprint density at radius 2 is 2.19 bits per heavy atom. The van der Waals surface area contributed by atoms with Crippen LogP contribution < -0.4 is 5.73 Å². The molecule has 0 radical (unpaired) electrons. The molecular formula is C15H17FN2OS2. The number of rotatable bonds is 1. The predicted octanol–water partition coefficient (Wildman–Crippen LogP) is 3.59. The van der Waals surface area contributed by atoms with Gasteiger partial charge in [0.25, 0.3) is 5.91 Å². The van der Waals surface area contributed by atoms with E-state index in [1.54, 1.807) is 6.07 Å². The monoisotopic (exact) mass is 324 g/mol. The third kappa shape index (κ3) is 2.51. The highest BCUT2D eigenvalue weighted by molar-refractivity contribution is 8.00. The van der Waals surface area contributed by atoms with Gasteiger partial charge >= 0.3 is 0 Å². The molecule has 0 bridgehead atoms. The molecule has 1 fully saturated rings. The molecule has 2 aromatic rings. The first kappa shape index (κ1) is 14.7. The quantitative estimate of drug-likeness (QED) is 0.872. The number of thioether (sulfide) groups is 1. The van der Waals surface area contributed by atoms with Crippen LogP contribution in [0.2, 0.25) is 0 Å². The second-order valence-electron chi connectivity index (χ2n) is 5.30. The first-order valence-electron chi connectivity index (χ1n) is 6.89. The summed E-state index contributed by atoms with van der Waals surface area (Å²) in [6.45, 7) is 4.94. The number of hydrogen-bond donors (Lipinski definition) is 1. The van der Waals surface area contributed by atoms with Crippen LogP contribution >= 0.6 is 23.1 Å². The summed E-state index contributed by atoms with van der Waals surface area (Å²) in [6, 6.07) is 4.66. The first-order valence-corrected chi connectivity index (χ1v) is 8.75. The molecule has 6 heteroatoms. The fourth-order valence-electron chi connectivity index (χ4n) is 2.60. The lowest BCUT2D eigenvalue weighted by atomic mass is 10.1. The fraction of sp³-hybridized carbons (Fsp3) is 0.400. The zero-order valence-electron chi connectivity index (χ0n) is 11.9. The standard InChI is InChI=1S/C15H17FN2OS2/c1-8-9(2)20-6-5-18(8)15(19)14-13(17)11-7-10(16)3-4-12(11)21-14/h3-4,7-9H,5-6,17H2,1-2H3. The summed E-state index contributed by atoms with van der Waals surface area (Å²) in [5, 5.41) is 1.05. The molecule has 2 atom stereocenters. The smallest absolute Gasteiger partial charge is 0.266 e. The number of nitrogens with two attached hydrogens (primary N) is 1. The van der Waals surface area contributed by atoms with Gasteiger partial charge in [0.1, 0.15) is 10.7 Å². The molecule has 1 aromatic carbocycles. The van der Waals surface area contributed by atoms with Gasteiger partial charge in [-0.2, -0.15) is 11.8 Å². The Bertz CT molecular complexity index is 700. The molecule has 1 saturated heterocycles. The van der Waals surface area contributed by atoms with Crippen molar-refractivity contribution in [2.75, 3.05) is 18.0 Å². The molecule has 3 rings (SSSR count). The summed E-state index contributed by atoms with van der Waals surface area (Å²) in [4.78, 5) is 15.2. The van der Waals surface area contributed by atoms with Crippen molar-refractivity contribution in [3.05, 3.63) is 28.9 Å². The molecule has 0 saturated carbocycles. The summed E-state index contributed by atoms with van der Waals surface area (Å²) in [6.07, 6.45) is 0. The van der Waals surface area contributed by atoms with Gasteiger partial charge in [0.2, 0.25) is 0 Å². The van der Waals surface area contributed by atoms with Gasteiger partial charge in [-0.15, -0.1) is 11.3 Å². The largest absolute Gasteiger partial charge is 0.397 e. The third-order valence-corrected chi connectivity index (χ3v) is 6.54. The van der Waals surface area contributed by atoms with Crippen molar-refractivity contribution in [3.63, 3.8) is 0 Å². The Kier molecular flexibility index (Phi) is 3.84. The average Bonchev–Trinajstić information content (AvgIpc) is 2.78. The maximum Gasteiger partial charge on any atom is 0.266 e. The van der Waals surface area contributed by atoms with E-state index in [2.05, 4.69) is 13.8 Å². The van der Waals surface area contributed by atoms with Crippen LogP contribution in [0.25, 0.3) is 10.1 Å². The molecule has 2 heterocycles. The number of anilines is 1. The van der Waals surface area contributed by atoms with Crippen LogP contribution in [0.3, 0.4) is 0 Å². The Labute approximate surface area is 131 Å². The summed E-state index contributed by atoms with van der Waals surface area (Å²) < 4.78 is 14.2. The van der Waals surface area contributed by atoms with Gasteiger partial charge in [-0.3, -0.25) is 4.79 Å². The molecule has 1 aliphatic rings. The van der Waals surface area contributed by atoms with E-state index in [0.29, 0.717) is 21.2 Å². The number of halogens is 1. The van der Waals surface area contributed by atoms with Gasteiger partial charge in [-0.25, -0.2) is 4.39 Å². The van der Waals surface area contributed by atoms with Crippen molar-refractivity contribution < 1.29 is 9.18 Å². The van der Waals surface area contributed by atoms with E-state index in [1.165, 1.54) is 23.5 Å². The molecule has 1 aromatic heterocycles. The van der Waals surface area contributed by atoms with Crippen LogP contribution in [0.15, 0.2) is 18.2 Å². The number of nitrogen functional groups attached to an aromatic ring is 1. The predicted molar refractivity (Wildman–Crippen MR) is 88.6 cm³/mol. The lowest BCUT2D eigenvalue weighted by Crippen LogP contribution is -2.47. The molecule has 0 aliphatic carbocycles. The maximum atomic E-state index is 13.3. The number of hydrogen-bond acceptors (Lipinski definition) is 4. The molecule has 2 N–H and O–H groups in total. The molecule has 1 aliphatic heterocycles. The second kappa shape index (κ2) is 5.50. The Balaban J connectivity index is 2.00. The number of benzene rings is 1. The molecule has 1 amide bonds. The Morgan fingerprint density at radius 1 is 1.43 bits per heavy atom. The number of carbonyl (C=O) groups is 1. The van der Waals surface area contributed by atoms with Gasteiger partial charge < -0.3 is 10.6 Å². The lowest BCUT2D eigenvalue weighted by Gasteiger charge is -2.37. The summed E-state index contributed by atoms with van der Waals surface area (Å²) in [5.41, 5.74) is 6.49. The maximum absolute atomic E-state index is 13.3. The minimum Gasteiger partial charge on any atom is -0.397 e. The van der Waals surface area contributed by atoms with E-state index < -0.39 is 0 Å². The highest BCUT2D eigenvalue weighted by Crippen LogP contribution is 2.36. The van der Waals surface area contributed by atoms with Crippen molar-refractivity contribution in [1.29, 1.82) is 0 Å². The zero-order chi connectivity index (χ0) is 15.1. The molecular weight excluding hydrogens is 307 g/mol. The Morgan fingerprint density at radius 3 is 2.95 bits per heavy atom. The van der Waals surface area contributed by atoms with Crippen LogP contribution in [0, 0.1) is 5.82 Å². The third-order valence-electron chi connectivity index (χ3n) is 4.03. The van der Waals surface area contributed by atoms with Crippen molar-refractivity contribution in [2.24, 2.45) is 0 Å². The van der Waals surface area contributed by atoms with E-state index in [0.717, 1.165) is 17.0 Å². The number of fused-ring (bicyclic) bond motifs is 1. The first-order chi connectivity index (χ1) is 9.99. The molecule has 112 valence electrons. The fourth-order valence-corrected chi connectivity index (χ4v) is 4.76. The van der Waals surface area contributed by atoms with Gasteiger partial charge in [0.05, 0.1) is 5.69 Å². The van der Waals surface area contributed by atoms with E-state index in [9.17, 15) is 9.18 Å². The van der Waals surface area contributed by atoms with E-state index in [4.69, 9.17) is 5.73 Å². The SMILES string of the molecule is CC1SCCN(C(=O)c2sc3ccc(F)cc3c2N)C1C. The molecule has 3 nitrogen and oxygen atoms in total. The van der Waals surface area contributed by atoms with Crippen LogP contribution in [0.5, 0.6) is 0 Å². The number of nitrogens with zero attached hydrogens (tertiary/aromatic N) is 1. The number of thiophene rings is 1. The van der Waals surface area contributed by atoms with E-state index >= 15 is 0 Å². The Hall–Kier alpha value is -1.27. The van der Waals surface area contributed by atoms with Gasteiger partial charge in [-0.05, 0) is 25.1 Å². The van der Waals surface area contributed by atoms with Crippen molar-refractivity contribution >= 4 is 44.8 Å². The minimum atomic E-state index is -0.331. The molecule has 2 unspecified atom stereocenters. The van der Waals surface area contributed by atoms with Crippen LogP contribution in [0.1, 0.15) is 23.5 Å². The highest BCUT2D eigenvalue weighted by Gasteiger charge is 2.31. The normalized spacial score (nSPS) is 22.7. The topological polar surface area (TPSA) is 46.3 Å². The average molecular weight is 324 g/mol. The summed E-state index contributed by atoms with van der Waals surface area (Å²) in [7, 11) is 0. The molecule has 0 spiro atoms. The number of amides is 1. The summed E-state index contributed by atoms with van der Waals surface area (Å²) in [5.74, 6) is 0.576. The number of carbonyl (C=O) groups excluding carboxylic acids is 1. The van der Waals surface area contributed by atoms with E-state index in [-0.39, 0.29) is 17.8 Å². The van der Waals surface area contributed by atoms with Crippen LogP contribution in [-0.4, -0.2) is 34.4 Å². The minimum absolute atomic E-state index is 0.0336. The van der Waals surface area contributed by atoms with Gasteiger partial charge in [0, 0.05) is 33.7 Å². The van der Waals surface area contributed by atoms with Gasteiger partial charge in [0.15, 0.2) is 0 Å². The summed E-state index contributed by atoms with van der Waals surface area (Å²) >= 11 is 3.23. The van der Waals surface area contributed by atoms with Crippen molar-refractivity contribution in [3.8, 4) is 0 Å². The van der Waals surface area contributed by atoms with E-state index in [1.807, 2.05) is 16.7 Å². The second-order valence-corrected chi connectivity index (χ2v) is 7.84.